The van der Waals surface area contributed by atoms with Crippen LogP contribution in [0.5, 0.6) is 0 Å². The zero-order valence-corrected chi connectivity index (χ0v) is 11.1. The molecule has 1 aliphatic heterocycles. The third kappa shape index (κ3) is 2.45. The molecule has 0 aromatic heterocycles. The molecule has 19 heavy (non-hydrogen) atoms. The number of nitrogens with one attached hydrogen (secondary N) is 1. The first-order chi connectivity index (χ1) is 9.34. The number of dihydropyridines is 1. The molecule has 0 radical (unpaired) electrons. The van der Waals surface area contributed by atoms with E-state index in [1.807, 2.05) is 6.07 Å². The van der Waals surface area contributed by atoms with Gasteiger partial charge in [-0.05, 0) is 35.3 Å². The van der Waals surface area contributed by atoms with Gasteiger partial charge in [-0.15, -0.1) is 0 Å². The Morgan fingerprint density at radius 2 is 1.37 bits per heavy atom. The van der Waals surface area contributed by atoms with Gasteiger partial charge in [0.1, 0.15) is 0 Å². The molecule has 3 rings (SSSR count). The zero-order chi connectivity index (χ0) is 13.1. The van der Waals surface area contributed by atoms with Crippen molar-refractivity contribution in [1.82, 2.24) is 5.32 Å². The van der Waals surface area contributed by atoms with Crippen molar-refractivity contribution in [2.24, 2.45) is 0 Å². The normalized spacial score (nSPS) is 14.9. The van der Waals surface area contributed by atoms with Crippen molar-refractivity contribution in [2.45, 2.75) is 6.92 Å². The van der Waals surface area contributed by atoms with Crippen molar-refractivity contribution < 1.29 is 0 Å². The molecule has 1 heteroatoms. The Bertz CT molecular complexity index is 621. The second kappa shape index (κ2) is 5.15. The van der Waals surface area contributed by atoms with Crippen LogP contribution in [0, 0.1) is 0 Å². The van der Waals surface area contributed by atoms with Crippen molar-refractivity contribution in [3.63, 3.8) is 0 Å². The van der Waals surface area contributed by atoms with E-state index in [0.29, 0.717) is 0 Å². The van der Waals surface area contributed by atoms with Crippen molar-refractivity contribution >= 4 is 11.3 Å². The molecule has 1 aliphatic rings. The summed E-state index contributed by atoms with van der Waals surface area (Å²) in [5, 5.41) is 3.52. The number of allylic oxidation sites excluding steroid dienone is 2. The first-order valence-corrected chi connectivity index (χ1v) is 6.61. The summed E-state index contributed by atoms with van der Waals surface area (Å²) in [6, 6.07) is 21.0. The lowest BCUT2D eigenvalue weighted by Gasteiger charge is -2.21. The molecular weight excluding hydrogens is 230 g/mol. The van der Waals surface area contributed by atoms with Gasteiger partial charge in [0, 0.05) is 12.2 Å². The van der Waals surface area contributed by atoms with Gasteiger partial charge in [-0.1, -0.05) is 60.7 Å². The summed E-state index contributed by atoms with van der Waals surface area (Å²) in [5.41, 5.74) is 6.46. The molecule has 0 amide bonds. The van der Waals surface area contributed by atoms with Crippen LogP contribution in [0.2, 0.25) is 0 Å². The second-order valence-corrected chi connectivity index (χ2v) is 4.81. The van der Waals surface area contributed by atoms with E-state index in [4.69, 9.17) is 0 Å². The molecule has 0 saturated carbocycles. The summed E-state index contributed by atoms with van der Waals surface area (Å²) >= 11 is 0. The summed E-state index contributed by atoms with van der Waals surface area (Å²) < 4.78 is 0. The minimum Gasteiger partial charge on any atom is -0.380 e. The summed E-state index contributed by atoms with van der Waals surface area (Å²) in [7, 11) is 0. The smallest absolute Gasteiger partial charge is 0.0419 e. The van der Waals surface area contributed by atoms with E-state index in [-0.39, 0.29) is 0 Å². The number of rotatable bonds is 2. The fraction of sp³-hybridized carbons (Fsp3) is 0.111. The van der Waals surface area contributed by atoms with Gasteiger partial charge < -0.3 is 5.32 Å². The predicted octanol–water partition coefficient (Wildman–Crippen LogP) is 4.10. The van der Waals surface area contributed by atoms with Crippen molar-refractivity contribution in [2.75, 3.05) is 6.54 Å². The van der Waals surface area contributed by atoms with Crippen LogP contribution in [0.1, 0.15) is 18.1 Å². The van der Waals surface area contributed by atoms with Gasteiger partial charge in [0.25, 0.3) is 0 Å². The Balaban J connectivity index is 1.97. The summed E-state index contributed by atoms with van der Waals surface area (Å²) in [6.07, 6.45) is 2.24. The molecule has 2 aromatic rings. The van der Waals surface area contributed by atoms with E-state index in [9.17, 15) is 0 Å². The lowest BCUT2D eigenvalue weighted by Crippen LogP contribution is -2.19. The Labute approximate surface area is 114 Å². The minimum atomic E-state index is 0.885. The molecule has 1 heterocycles. The van der Waals surface area contributed by atoms with Crippen LogP contribution in [0.3, 0.4) is 0 Å². The summed E-state index contributed by atoms with van der Waals surface area (Å²) in [4.78, 5) is 0. The maximum absolute atomic E-state index is 3.52. The fourth-order valence-corrected chi connectivity index (χ4v) is 2.45. The van der Waals surface area contributed by atoms with E-state index >= 15 is 0 Å². The summed E-state index contributed by atoms with van der Waals surface area (Å²) in [6.45, 7) is 3.07. The van der Waals surface area contributed by atoms with Crippen LogP contribution in [0.4, 0.5) is 0 Å². The maximum Gasteiger partial charge on any atom is 0.0419 e. The van der Waals surface area contributed by atoms with Crippen LogP contribution < -0.4 is 5.32 Å². The molecule has 0 spiro atoms. The Kier molecular flexibility index (Phi) is 3.20. The minimum absolute atomic E-state index is 0.885. The third-order valence-corrected chi connectivity index (χ3v) is 3.50. The number of hydrogen-bond donors (Lipinski definition) is 1. The molecule has 0 atom stereocenters. The monoisotopic (exact) mass is 247 g/mol. The molecule has 0 aliphatic carbocycles. The standard InChI is InChI=1S/C18H17N/c1-14-12-18(16-10-6-3-7-11-16)19-13-17(14)15-8-4-2-5-9-15/h2-12,19H,13H2,1H3. The zero-order valence-electron chi connectivity index (χ0n) is 11.1. The average molecular weight is 247 g/mol. The van der Waals surface area contributed by atoms with E-state index in [0.717, 1.165) is 6.54 Å². The van der Waals surface area contributed by atoms with Gasteiger partial charge in [-0.3, -0.25) is 0 Å². The van der Waals surface area contributed by atoms with E-state index in [1.165, 1.54) is 28.0 Å². The summed E-state index contributed by atoms with van der Waals surface area (Å²) in [5.74, 6) is 0. The van der Waals surface area contributed by atoms with E-state index < -0.39 is 0 Å². The molecule has 1 nitrogen and oxygen atoms in total. The van der Waals surface area contributed by atoms with Crippen LogP contribution in [0.15, 0.2) is 72.3 Å². The largest absolute Gasteiger partial charge is 0.380 e. The molecule has 0 fully saturated rings. The maximum atomic E-state index is 3.52. The molecule has 2 aromatic carbocycles. The van der Waals surface area contributed by atoms with Gasteiger partial charge in [-0.25, -0.2) is 0 Å². The molecule has 94 valence electrons. The molecule has 1 N–H and O–H groups in total. The van der Waals surface area contributed by atoms with Crippen molar-refractivity contribution in [1.29, 1.82) is 0 Å². The fourth-order valence-electron chi connectivity index (χ4n) is 2.45. The Morgan fingerprint density at radius 3 is 1.95 bits per heavy atom. The molecule has 0 unspecified atom stereocenters. The predicted molar refractivity (Wildman–Crippen MR) is 81.5 cm³/mol. The van der Waals surface area contributed by atoms with Crippen molar-refractivity contribution in [3.05, 3.63) is 83.4 Å². The van der Waals surface area contributed by atoms with E-state index in [1.54, 1.807) is 0 Å². The Hall–Kier alpha value is -2.28. The number of benzene rings is 2. The van der Waals surface area contributed by atoms with Gasteiger partial charge in [0.15, 0.2) is 0 Å². The highest BCUT2D eigenvalue weighted by atomic mass is 14.9. The van der Waals surface area contributed by atoms with Crippen LogP contribution in [-0.4, -0.2) is 6.54 Å². The van der Waals surface area contributed by atoms with E-state index in [2.05, 4.69) is 72.9 Å². The molecule has 0 bridgehead atoms. The highest BCUT2D eigenvalue weighted by Gasteiger charge is 2.12. The first kappa shape index (κ1) is 11.8. The first-order valence-electron chi connectivity index (χ1n) is 6.61. The lowest BCUT2D eigenvalue weighted by molar-refractivity contribution is 0.997. The van der Waals surface area contributed by atoms with Gasteiger partial charge in [0.2, 0.25) is 0 Å². The highest BCUT2D eigenvalue weighted by molar-refractivity contribution is 5.80. The quantitative estimate of drug-likeness (QED) is 0.842. The SMILES string of the molecule is CC1=C(c2ccccc2)CNC(c2ccccc2)=C1. The Morgan fingerprint density at radius 1 is 0.789 bits per heavy atom. The number of hydrogen-bond acceptors (Lipinski definition) is 1. The van der Waals surface area contributed by atoms with Crippen molar-refractivity contribution in [3.8, 4) is 0 Å². The lowest BCUT2D eigenvalue weighted by atomic mass is 9.96. The average Bonchev–Trinajstić information content (AvgIpc) is 2.49. The van der Waals surface area contributed by atoms with Gasteiger partial charge in [-0.2, -0.15) is 0 Å². The topological polar surface area (TPSA) is 12.0 Å². The van der Waals surface area contributed by atoms with Crippen LogP contribution in [0.25, 0.3) is 11.3 Å². The molecule has 0 saturated heterocycles. The highest BCUT2D eigenvalue weighted by Crippen LogP contribution is 2.26. The van der Waals surface area contributed by atoms with Crippen LogP contribution in [-0.2, 0) is 0 Å². The third-order valence-electron chi connectivity index (χ3n) is 3.50. The van der Waals surface area contributed by atoms with Gasteiger partial charge in [0.05, 0.1) is 0 Å². The second-order valence-electron chi connectivity index (χ2n) is 4.81. The van der Waals surface area contributed by atoms with Gasteiger partial charge >= 0.3 is 0 Å². The van der Waals surface area contributed by atoms with Crippen LogP contribution >= 0.6 is 0 Å². The molecular formula is C18H17N.